The fraction of sp³-hybridized carbons (Fsp3) is 0.324. The maximum Gasteiger partial charge on any atom is 0.274 e. The highest BCUT2D eigenvalue weighted by atomic mass is 32.1. The maximum absolute atomic E-state index is 14.4. The van der Waals surface area contributed by atoms with Gasteiger partial charge in [0.05, 0.1) is 24.8 Å². The second-order valence-electron chi connectivity index (χ2n) is 13.0. The van der Waals surface area contributed by atoms with Crippen molar-refractivity contribution in [3.8, 4) is 11.4 Å². The molecule has 3 N–H and O–H groups in total. The van der Waals surface area contributed by atoms with Crippen LogP contribution in [-0.2, 0) is 18.3 Å². The molecule has 4 heterocycles. The summed E-state index contributed by atoms with van der Waals surface area (Å²) in [5, 5.41) is 11.1. The number of fused-ring (bicyclic) bond motifs is 4. The predicted molar refractivity (Wildman–Crippen MR) is 191 cm³/mol. The molecule has 51 heavy (non-hydrogen) atoms. The molecule has 0 unspecified atom stereocenters. The molecule has 3 aromatic heterocycles. The number of aryl methyl sites for hydroxylation is 1. The van der Waals surface area contributed by atoms with E-state index in [0.29, 0.717) is 17.3 Å². The van der Waals surface area contributed by atoms with Crippen molar-refractivity contribution in [2.75, 3.05) is 13.1 Å². The number of oxazole rings is 1. The van der Waals surface area contributed by atoms with Gasteiger partial charge in [-0.2, -0.15) is 0 Å². The smallest absolute Gasteiger partial charge is 0.274 e. The Bertz CT molecular complexity index is 2040. The third kappa shape index (κ3) is 7.91. The number of amides is 4. The Balaban J connectivity index is 1.40. The first kappa shape index (κ1) is 35.2. The maximum atomic E-state index is 14.4. The third-order valence-corrected chi connectivity index (χ3v) is 9.74. The molecule has 0 fully saturated rings. The first-order chi connectivity index (χ1) is 24.5. The summed E-state index contributed by atoms with van der Waals surface area (Å²) in [7, 11) is 1.75. The molecule has 4 bridgehead atoms. The summed E-state index contributed by atoms with van der Waals surface area (Å²) in [6.45, 7) is 6.85. The first-order valence-corrected chi connectivity index (χ1v) is 17.6. The lowest BCUT2D eigenvalue weighted by molar-refractivity contribution is -0.123. The van der Waals surface area contributed by atoms with Crippen molar-refractivity contribution < 1.29 is 23.6 Å². The van der Waals surface area contributed by atoms with Crippen LogP contribution >= 0.6 is 11.3 Å². The van der Waals surface area contributed by atoms with Crippen molar-refractivity contribution >= 4 is 35.0 Å². The van der Waals surface area contributed by atoms with Crippen LogP contribution in [0, 0.1) is 12.8 Å². The quantitative estimate of drug-likeness (QED) is 0.238. The topological polar surface area (TPSA) is 164 Å². The summed E-state index contributed by atoms with van der Waals surface area (Å²) in [5.74, 6) is -0.961. The predicted octanol–water partition coefficient (Wildman–Crippen LogP) is 4.64. The zero-order valence-electron chi connectivity index (χ0n) is 29.0. The zero-order chi connectivity index (χ0) is 36.2. The van der Waals surface area contributed by atoms with E-state index in [4.69, 9.17) is 4.42 Å². The molecule has 0 spiro atoms. The minimum absolute atomic E-state index is 0.00318. The number of carbonyl (C=O) groups excluding carboxylic acids is 4. The Labute approximate surface area is 299 Å². The van der Waals surface area contributed by atoms with Crippen LogP contribution in [0.15, 0.2) is 76.7 Å². The molecule has 14 heteroatoms. The summed E-state index contributed by atoms with van der Waals surface area (Å²) in [4.78, 5) is 70.3. The molecule has 0 aliphatic carbocycles. The van der Waals surface area contributed by atoms with Crippen molar-refractivity contribution in [3.05, 3.63) is 112 Å². The van der Waals surface area contributed by atoms with Gasteiger partial charge in [-0.1, -0.05) is 74.5 Å². The largest absolute Gasteiger partial charge is 0.443 e. The van der Waals surface area contributed by atoms with Crippen molar-refractivity contribution in [1.82, 2.24) is 40.4 Å². The second-order valence-corrected chi connectivity index (χ2v) is 13.8. The van der Waals surface area contributed by atoms with E-state index in [0.717, 1.165) is 11.1 Å². The van der Waals surface area contributed by atoms with Gasteiger partial charge in [0.1, 0.15) is 34.0 Å². The molecule has 1 aliphatic heterocycles. The van der Waals surface area contributed by atoms with Gasteiger partial charge in [0.15, 0.2) is 5.69 Å². The van der Waals surface area contributed by atoms with Crippen molar-refractivity contribution in [3.63, 3.8) is 0 Å². The molecular weight excluding hydrogens is 669 g/mol. The number of carbonyl (C=O) groups is 4. The number of hydrogen-bond donors (Lipinski definition) is 3. The molecule has 5 aromatic rings. The highest BCUT2D eigenvalue weighted by Gasteiger charge is 2.32. The summed E-state index contributed by atoms with van der Waals surface area (Å²) < 4.78 is 7.64. The molecule has 1 aliphatic rings. The SMILES string of the molecule is Cc1oc2nc1C(=O)N[C@H](C)c1nc(cs1)C(=O)N[C@H](Cc1ccccc1)CN(C(=O)c1cnc(-c3ccccc3)n1C)CC(=O)N[C@H]2C(C)C. The second kappa shape index (κ2) is 15.1. The molecule has 264 valence electrons. The Kier molecular flexibility index (Phi) is 10.4. The standard InChI is InChI=1S/C37H40N8O5S/c1-21(2)30-35-43-31(23(4)50-35)34(48)39-22(3)36-41-27(20-51-36)33(47)40-26(16-24-12-8-6-9-13-24)18-45(19-29(46)42-30)37(49)28-17-38-32(44(28)5)25-14-10-7-11-15-25/h6-15,17,20-22,26,30H,16,18-19H2,1-5H3,(H,39,48)(H,40,47)(H,42,46)/t22-,26-,30+/m1/s1. The van der Waals surface area contributed by atoms with Gasteiger partial charge in [0, 0.05) is 24.5 Å². The molecule has 0 saturated carbocycles. The van der Waals surface area contributed by atoms with Crippen LogP contribution < -0.4 is 16.0 Å². The minimum atomic E-state index is -0.700. The molecule has 0 saturated heterocycles. The number of benzene rings is 2. The summed E-state index contributed by atoms with van der Waals surface area (Å²) in [5.41, 5.74) is 2.28. The fourth-order valence-electron chi connectivity index (χ4n) is 6.01. The highest BCUT2D eigenvalue weighted by Crippen LogP contribution is 2.26. The molecule has 2 aromatic carbocycles. The van der Waals surface area contributed by atoms with Crippen molar-refractivity contribution in [2.45, 2.75) is 52.2 Å². The van der Waals surface area contributed by atoms with Crippen LogP contribution in [0.3, 0.4) is 0 Å². The van der Waals surface area contributed by atoms with Crippen molar-refractivity contribution in [1.29, 1.82) is 0 Å². The van der Waals surface area contributed by atoms with E-state index in [9.17, 15) is 19.2 Å². The van der Waals surface area contributed by atoms with E-state index in [1.54, 1.807) is 30.8 Å². The highest BCUT2D eigenvalue weighted by molar-refractivity contribution is 7.09. The third-order valence-electron chi connectivity index (χ3n) is 8.71. The number of aromatic nitrogens is 4. The molecule has 0 radical (unpaired) electrons. The molecule has 4 amide bonds. The van der Waals surface area contributed by atoms with Crippen molar-refractivity contribution in [2.24, 2.45) is 13.0 Å². The van der Waals surface area contributed by atoms with Crippen LogP contribution in [0.4, 0.5) is 0 Å². The average molecular weight is 709 g/mol. The van der Waals surface area contributed by atoms with Gasteiger partial charge in [-0.15, -0.1) is 11.3 Å². The van der Waals surface area contributed by atoms with E-state index < -0.39 is 41.8 Å². The molecule has 6 rings (SSSR count). The Morgan fingerprint density at radius 1 is 0.980 bits per heavy atom. The monoisotopic (exact) mass is 708 g/mol. The van der Waals surface area contributed by atoms with Gasteiger partial charge >= 0.3 is 0 Å². The summed E-state index contributed by atoms with van der Waals surface area (Å²) in [6.07, 6.45) is 1.87. The van der Waals surface area contributed by atoms with Gasteiger partial charge in [-0.3, -0.25) is 19.2 Å². The molecular formula is C37H40N8O5S. The van der Waals surface area contributed by atoms with Crippen LogP contribution in [0.2, 0.25) is 0 Å². The lowest BCUT2D eigenvalue weighted by Crippen LogP contribution is -2.50. The van der Waals surface area contributed by atoms with Gasteiger partial charge in [-0.25, -0.2) is 15.0 Å². The van der Waals surface area contributed by atoms with E-state index in [1.807, 2.05) is 74.5 Å². The number of imidazole rings is 1. The van der Waals surface area contributed by atoms with Crippen LogP contribution in [0.5, 0.6) is 0 Å². The average Bonchev–Trinajstić information content (AvgIpc) is 3.85. The van der Waals surface area contributed by atoms with Gasteiger partial charge in [0.2, 0.25) is 11.8 Å². The Morgan fingerprint density at radius 2 is 1.69 bits per heavy atom. The molecule has 3 atom stereocenters. The number of nitrogens with one attached hydrogen (secondary N) is 3. The molecule has 13 nitrogen and oxygen atoms in total. The lowest BCUT2D eigenvalue weighted by atomic mass is 10.0. The number of hydrogen-bond acceptors (Lipinski definition) is 9. The van der Waals surface area contributed by atoms with Gasteiger partial charge in [0.25, 0.3) is 17.7 Å². The Hall–Kier alpha value is -5.63. The number of nitrogens with zero attached hydrogens (tertiary/aromatic N) is 5. The van der Waals surface area contributed by atoms with E-state index in [-0.39, 0.29) is 47.7 Å². The Morgan fingerprint density at radius 3 is 2.39 bits per heavy atom. The zero-order valence-corrected chi connectivity index (χ0v) is 29.9. The van der Waals surface area contributed by atoms with Gasteiger partial charge < -0.3 is 29.8 Å². The van der Waals surface area contributed by atoms with E-state index in [1.165, 1.54) is 22.4 Å². The van der Waals surface area contributed by atoms with E-state index >= 15 is 0 Å². The normalized spacial score (nSPS) is 18.8. The minimum Gasteiger partial charge on any atom is -0.443 e. The fourth-order valence-corrected chi connectivity index (χ4v) is 6.82. The summed E-state index contributed by atoms with van der Waals surface area (Å²) in [6, 6.07) is 17.2. The number of rotatable bonds is 5. The lowest BCUT2D eigenvalue weighted by Gasteiger charge is -2.29. The summed E-state index contributed by atoms with van der Waals surface area (Å²) >= 11 is 1.25. The first-order valence-electron chi connectivity index (χ1n) is 16.7. The van der Waals surface area contributed by atoms with Crippen LogP contribution in [0.1, 0.15) is 86.5 Å². The number of thiazole rings is 1. The van der Waals surface area contributed by atoms with E-state index in [2.05, 4.69) is 30.9 Å². The van der Waals surface area contributed by atoms with Gasteiger partial charge in [-0.05, 0) is 31.7 Å². The van der Waals surface area contributed by atoms with Crippen LogP contribution in [-0.4, -0.2) is 67.2 Å². The van der Waals surface area contributed by atoms with Crippen LogP contribution in [0.25, 0.3) is 11.4 Å².